The van der Waals surface area contributed by atoms with Crippen LogP contribution in [0.2, 0.25) is 0 Å². The van der Waals surface area contributed by atoms with Crippen molar-refractivity contribution < 1.29 is 22.4 Å². The first-order chi connectivity index (χ1) is 25.5. The summed E-state index contributed by atoms with van der Waals surface area (Å²) in [5.41, 5.74) is 14.4. The fourth-order valence-corrected chi connectivity index (χ4v) is 7.30. The molecule has 0 spiro atoms. The van der Waals surface area contributed by atoms with E-state index in [1.165, 1.54) is 22.3 Å². The average molecular weight is 861 g/mol. The number of aromatic nitrogens is 2. The van der Waals surface area contributed by atoms with Crippen LogP contribution in [0.15, 0.2) is 176 Å². The van der Waals surface area contributed by atoms with Crippen LogP contribution in [-0.4, -0.2) is 4.98 Å². The SMILES string of the molecule is CC(C)(c1cccc(-c2[c-]c(-c3[c-]cccc3)cc(-c3ccccc3)c2)n1)c1cc(-c2ccccc2)cc2c1[n-]c1ccc(-c3ccccc3)cc12.[Au+3]. The van der Waals surface area contributed by atoms with E-state index >= 15 is 0 Å². The van der Waals surface area contributed by atoms with Gasteiger partial charge in [-0.15, -0.1) is 28.7 Å². The van der Waals surface area contributed by atoms with E-state index < -0.39 is 5.41 Å². The Bertz CT molecular complexity index is 2620. The minimum Gasteiger partial charge on any atom is -0.657 e. The molecule has 0 saturated carbocycles. The summed E-state index contributed by atoms with van der Waals surface area (Å²) in [6.07, 6.45) is 0. The largest absolute Gasteiger partial charge is 3.00 e. The zero-order valence-electron chi connectivity index (χ0n) is 29.4. The summed E-state index contributed by atoms with van der Waals surface area (Å²) < 4.78 is 0. The van der Waals surface area contributed by atoms with Gasteiger partial charge in [0.15, 0.2) is 0 Å². The van der Waals surface area contributed by atoms with Gasteiger partial charge in [0.2, 0.25) is 0 Å². The summed E-state index contributed by atoms with van der Waals surface area (Å²) in [6.45, 7) is 4.54. The molecule has 2 aromatic heterocycles. The van der Waals surface area contributed by atoms with Gasteiger partial charge in [0.25, 0.3) is 0 Å². The predicted molar refractivity (Wildman–Crippen MR) is 216 cm³/mol. The summed E-state index contributed by atoms with van der Waals surface area (Å²) in [5.74, 6) is 0. The van der Waals surface area contributed by atoms with Crippen LogP contribution < -0.4 is 4.98 Å². The maximum Gasteiger partial charge on any atom is 3.00 e. The van der Waals surface area contributed by atoms with E-state index in [0.717, 1.165) is 66.6 Å². The van der Waals surface area contributed by atoms with Gasteiger partial charge >= 0.3 is 22.4 Å². The van der Waals surface area contributed by atoms with Crippen molar-refractivity contribution in [3.8, 4) is 55.8 Å². The minimum absolute atomic E-state index is 0. The van der Waals surface area contributed by atoms with Gasteiger partial charge in [-0.2, -0.15) is 42.0 Å². The first-order valence-corrected chi connectivity index (χ1v) is 17.7. The number of nitrogens with zero attached hydrogens (tertiary/aromatic N) is 2. The molecule has 3 heteroatoms. The molecule has 0 N–H and O–H groups in total. The molecule has 9 rings (SSSR count). The van der Waals surface area contributed by atoms with Crippen LogP contribution in [0, 0.1) is 12.1 Å². The van der Waals surface area contributed by atoms with Crippen molar-refractivity contribution in [2.24, 2.45) is 0 Å². The fourth-order valence-electron chi connectivity index (χ4n) is 7.30. The number of hydrogen-bond donors (Lipinski definition) is 0. The Labute approximate surface area is 326 Å². The van der Waals surface area contributed by atoms with Gasteiger partial charge < -0.3 is 4.98 Å². The molecule has 0 aliphatic carbocycles. The van der Waals surface area contributed by atoms with Crippen LogP contribution >= 0.6 is 0 Å². The third-order valence-corrected chi connectivity index (χ3v) is 10.2. The molecule has 0 amide bonds. The van der Waals surface area contributed by atoms with E-state index in [2.05, 4.69) is 184 Å². The number of pyridine rings is 1. The topological polar surface area (TPSA) is 27.0 Å². The number of rotatable bonds is 7. The fraction of sp³-hybridized carbons (Fsp3) is 0.0600. The van der Waals surface area contributed by atoms with Crippen LogP contribution in [0.3, 0.4) is 0 Å². The average Bonchev–Trinajstić information content (AvgIpc) is 3.59. The number of hydrogen-bond acceptors (Lipinski definition) is 1. The molecule has 0 atom stereocenters. The molecule has 2 heterocycles. The molecule has 9 aromatic rings. The second-order valence-electron chi connectivity index (χ2n) is 13.9. The van der Waals surface area contributed by atoms with Crippen LogP contribution in [0.5, 0.6) is 0 Å². The standard InChI is InChI=1S/C50H35N2.Au/c1-50(2,48-25-15-24-46(51-48)42-29-39(35-18-9-4-10-19-35)28-40(30-42)36-20-11-5-12-21-36)45-33-41(37-22-13-6-14-23-37)32-44-43-31-38(34-16-7-3-8-17-34)26-27-47(43)52-49(44)45;/h3-20,22-29,31-33H,1-2H3;/q-3;+3. The number of fused-ring (bicyclic) bond motifs is 3. The Balaban J connectivity index is 0.00000400. The number of benzene rings is 7. The molecule has 53 heavy (non-hydrogen) atoms. The molecule has 256 valence electrons. The summed E-state index contributed by atoms with van der Waals surface area (Å²) in [6, 6.07) is 68.9. The van der Waals surface area contributed by atoms with E-state index in [1.807, 2.05) is 18.2 Å². The van der Waals surface area contributed by atoms with Crippen molar-refractivity contribution in [3.05, 3.63) is 199 Å². The Morgan fingerprint density at radius 3 is 1.75 bits per heavy atom. The van der Waals surface area contributed by atoms with Crippen molar-refractivity contribution >= 4 is 21.8 Å². The summed E-state index contributed by atoms with van der Waals surface area (Å²) in [5, 5.41) is 2.31. The van der Waals surface area contributed by atoms with Gasteiger partial charge in [0, 0.05) is 16.8 Å². The Kier molecular flexibility index (Phi) is 9.28. The van der Waals surface area contributed by atoms with E-state index in [9.17, 15) is 0 Å². The molecule has 7 aromatic carbocycles. The van der Waals surface area contributed by atoms with Crippen LogP contribution in [0.1, 0.15) is 25.1 Å². The molecule has 0 aliphatic rings. The van der Waals surface area contributed by atoms with Gasteiger partial charge in [-0.1, -0.05) is 141 Å². The summed E-state index contributed by atoms with van der Waals surface area (Å²) in [4.78, 5) is 10.7. The van der Waals surface area contributed by atoms with Gasteiger partial charge in [0.05, 0.1) is 0 Å². The van der Waals surface area contributed by atoms with Gasteiger partial charge in [-0.3, -0.25) is 4.98 Å². The van der Waals surface area contributed by atoms with E-state index in [1.54, 1.807) is 0 Å². The van der Waals surface area contributed by atoms with Gasteiger partial charge in [0.1, 0.15) is 0 Å². The van der Waals surface area contributed by atoms with E-state index in [-0.39, 0.29) is 22.4 Å². The van der Waals surface area contributed by atoms with Crippen molar-refractivity contribution in [3.63, 3.8) is 0 Å². The van der Waals surface area contributed by atoms with E-state index in [0.29, 0.717) is 0 Å². The van der Waals surface area contributed by atoms with Gasteiger partial charge in [-0.05, 0) is 62.4 Å². The smallest absolute Gasteiger partial charge is 0.657 e. The van der Waals surface area contributed by atoms with Crippen molar-refractivity contribution in [1.82, 2.24) is 9.97 Å². The molecule has 0 radical (unpaired) electrons. The molecule has 0 unspecified atom stereocenters. The van der Waals surface area contributed by atoms with Gasteiger partial charge in [-0.25, -0.2) is 5.56 Å². The Morgan fingerprint density at radius 1 is 0.491 bits per heavy atom. The Morgan fingerprint density at radius 2 is 1.09 bits per heavy atom. The molecular weight excluding hydrogens is 826 g/mol. The Hall–Kier alpha value is -5.77. The van der Waals surface area contributed by atoms with Crippen molar-refractivity contribution in [1.29, 1.82) is 0 Å². The maximum absolute atomic E-state index is 5.41. The zero-order valence-corrected chi connectivity index (χ0v) is 31.6. The van der Waals surface area contributed by atoms with Crippen LogP contribution in [0.25, 0.3) is 77.6 Å². The molecule has 0 fully saturated rings. The third-order valence-electron chi connectivity index (χ3n) is 10.2. The molecular formula is C50H35AuN2. The van der Waals surface area contributed by atoms with Crippen LogP contribution in [0.4, 0.5) is 0 Å². The molecule has 0 bridgehead atoms. The predicted octanol–water partition coefficient (Wildman–Crippen LogP) is 12.6. The minimum atomic E-state index is -0.480. The maximum atomic E-state index is 5.41. The first-order valence-electron chi connectivity index (χ1n) is 17.7. The zero-order chi connectivity index (χ0) is 35.1. The quantitative estimate of drug-likeness (QED) is 0.118. The molecule has 0 aliphatic heterocycles. The third kappa shape index (κ3) is 6.58. The monoisotopic (exact) mass is 860 g/mol. The second-order valence-corrected chi connectivity index (χ2v) is 13.9. The van der Waals surface area contributed by atoms with Crippen molar-refractivity contribution in [2.45, 2.75) is 19.3 Å². The van der Waals surface area contributed by atoms with Crippen molar-refractivity contribution in [2.75, 3.05) is 0 Å². The second kappa shape index (κ2) is 14.3. The molecule has 2 nitrogen and oxygen atoms in total. The first kappa shape index (κ1) is 34.3. The van der Waals surface area contributed by atoms with Crippen LogP contribution in [-0.2, 0) is 27.8 Å². The molecule has 0 saturated heterocycles. The summed E-state index contributed by atoms with van der Waals surface area (Å²) in [7, 11) is 0. The summed E-state index contributed by atoms with van der Waals surface area (Å²) >= 11 is 0. The van der Waals surface area contributed by atoms with E-state index in [4.69, 9.17) is 9.97 Å². The normalized spacial score (nSPS) is 11.4.